The molecule has 1 saturated heterocycles. The van der Waals surface area contributed by atoms with Crippen molar-refractivity contribution in [1.82, 2.24) is 24.8 Å². The molecule has 1 unspecified atom stereocenters. The predicted octanol–water partition coefficient (Wildman–Crippen LogP) is 4.91. The minimum absolute atomic E-state index is 0.0103. The Kier molecular flexibility index (Phi) is 7.27. The number of carbonyl (C=O) groups excluding carboxylic acids is 1. The molecule has 3 aromatic rings. The van der Waals surface area contributed by atoms with Crippen molar-refractivity contribution in [1.29, 1.82) is 0 Å². The minimum Gasteiger partial charge on any atom is -0.481 e. The Hall–Kier alpha value is -3.26. The lowest BCUT2D eigenvalue weighted by atomic mass is 9.69. The minimum atomic E-state index is -1.07. The number of fused-ring (bicyclic) bond motifs is 1. The normalized spacial score (nSPS) is 19.2. The molecule has 1 atom stereocenters. The Labute approximate surface area is 237 Å². The van der Waals surface area contributed by atoms with Gasteiger partial charge in [-0.1, -0.05) is 43.3 Å². The fourth-order valence-corrected chi connectivity index (χ4v) is 6.45. The third-order valence-electron chi connectivity index (χ3n) is 8.92. The second-order valence-electron chi connectivity index (χ2n) is 13.5. The highest BCUT2D eigenvalue weighted by molar-refractivity contribution is 5.82. The van der Waals surface area contributed by atoms with Crippen LogP contribution in [0.1, 0.15) is 74.3 Å². The van der Waals surface area contributed by atoms with Crippen LogP contribution in [0.2, 0.25) is 0 Å². The predicted molar refractivity (Wildman–Crippen MR) is 156 cm³/mol. The van der Waals surface area contributed by atoms with E-state index < -0.39 is 17.3 Å². The Bertz CT molecular complexity index is 1450. The lowest BCUT2D eigenvalue weighted by Crippen LogP contribution is -2.39. The molecule has 0 bridgehead atoms. The molecule has 1 aliphatic carbocycles. The van der Waals surface area contributed by atoms with Gasteiger partial charge in [-0.25, -0.2) is 4.68 Å². The van der Waals surface area contributed by atoms with Crippen molar-refractivity contribution in [3.05, 3.63) is 58.1 Å². The van der Waals surface area contributed by atoms with Crippen molar-refractivity contribution >= 4 is 22.9 Å². The van der Waals surface area contributed by atoms with Gasteiger partial charge in [-0.3, -0.25) is 14.5 Å². The number of carbonyl (C=O) groups is 2. The van der Waals surface area contributed by atoms with Crippen LogP contribution in [0.25, 0.3) is 11.0 Å². The van der Waals surface area contributed by atoms with Gasteiger partial charge in [0.1, 0.15) is 5.52 Å². The van der Waals surface area contributed by atoms with Gasteiger partial charge in [0, 0.05) is 39.1 Å². The summed E-state index contributed by atoms with van der Waals surface area (Å²) in [7, 11) is 1.86. The molecular formula is C32H43N5O3. The number of hydrogen-bond acceptors (Lipinski definition) is 5. The smallest absolute Gasteiger partial charge is 0.310 e. The highest BCUT2D eigenvalue weighted by Gasteiger charge is 2.41. The van der Waals surface area contributed by atoms with Crippen LogP contribution in [-0.4, -0.2) is 68.0 Å². The molecule has 2 heterocycles. The molecule has 2 aliphatic rings. The molecule has 1 saturated carbocycles. The number of aryl methyl sites for hydroxylation is 3. The number of nitrogens with zero attached hydrogens (tertiary/aromatic N) is 5. The topological polar surface area (TPSA) is 91.6 Å². The number of benzene rings is 2. The standard InChI is InChI=1S/C32H43N5O3/c1-20-8-11-23(14-24(20)16-36-17-27(38)37(15-22-9-10-22)19-31(3,4)18-36)28(32(5,6)30(39)40)25-12-13-26-29(21(25)2)33-34-35(26)7/h8,11-14,22,28H,9-10,15-19H2,1-7H3,(H,39,40). The molecule has 0 radical (unpaired) electrons. The van der Waals surface area contributed by atoms with E-state index in [0.29, 0.717) is 19.0 Å². The summed E-state index contributed by atoms with van der Waals surface area (Å²) in [6.07, 6.45) is 2.47. The third-order valence-corrected chi connectivity index (χ3v) is 8.92. The molecular weight excluding hydrogens is 502 g/mol. The molecule has 1 amide bonds. The molecule has 0 spiro atoms. The Morgan fingerprint density at radius 2 is 1.88 bits per heavy atom. The monoisotopic (exact) mass is 545 g/mol. The van der Waals surface area contributed by atoms with Gasteiger partial charge in [0.05, 0.1) is 17.5 Å². The van der Waals surface area contributed by atoms with E-state index in [9.17, 15) is 14.7 Å². The van der Waals surface area contributed by atoms with Gasteiger partial charge >= 0.3 is 5.97 Å². The largest absolute Gasteiger partial charge is 0.481 e. The first-order valence-corrected chi connectivity index (χ1v) is 14.4. The van der Waals surface area contributed by atoms with Crippen molar-refractivity contribution < 1.29 is 14.7 Å². The van der Waals surface area contributed by atoms with E-state index in [1.165, 1.54) is 12.8 Å². The van der Waals surface area contributed by atoms with E-state index in [2.05, 4.69) is 59.1 Å². The molecule has 2 aromatic carbocycles. The van der Waals surface area contributed by atoms with Crippen LogP contribution in [-0.2, 0) is 23.2 Å². The maximum Gasteiger partial charge on any atom is 0.310 e. The van der Waals surface area contributed by atoms with Crippen LogP contribution in [0.15, 0.2) is 30.3 Å². The van der Waals surface area contributed by atoms with Gasteiger partial charge < -0.3 is 10.0 Å². The average Bonchev–Trinajstić information content (AvgIpc) is 3.62. The molecule has 1 aromatic heterocycles. The number of aliphatic carboxylic acids is 1. The SMILES string of the molecule is Cc1ccc(C(c2ccc3c(nnn3C)c2C)C(C)(C)C(=O)O)cc1CN1CC(=O)N(CC2CC2)CC(C)(C)C1. The van der Waals surface area contributed by atoms with Crippen LogP contribution < -0.4 is 0 Å². The maximum atomic E-state index is 13.3. The highest BCUT2D eigenvalue weighted by Crippen LogP contribution is 2.44. The van der Waals surface area contributed by atoms with Crippen LogP contribution in [0.3, 0.4) is 0 Å². The van der Waals surface area contributed by atoms with E-state index in [1.807, 2.05) is 26.1 Å². The summed E-state index contributed by atoms with van der Waals surface area (Å²) >= 11 is 0. The van der Waals surface area contributed by atoms with Crippen molar-refractivity contribution in [2.75, 3.05) is 26.2 Å². The summed E-state index contributed by atoms with van der Waals surface area (Å²) in [5, 5.41) is 18.9. The lowest BCUT2D eigenvalue weighted by Gasteiger charge is -2.33. The van der Waals surface area contributed by atoms with Gasteiger partial charge in [-0.2, -0.15) is 0 Å². The summed E-state index contributed by atoms with van der Waals surface area (Å²) < 4.78 is 1.74. The van der Waals surface area contributed by atoms with Crippen LogP contribution >= 0.6 is 0 Å². The van der Waals surface area contributed by atoms with Crippen molar-refractivity contribution in [3.63, 3.8) is 0 Å². The molecule has 2 fully saturated rings. The summed E-state index contributed by atoms with van der Waals surface area (Å²) in [4.78, 5) is 30.3. The number of aromatic nitrogens is 3. The first kappa shape index (κ1) is 28.3. The van der Waals surface area contributed by atoms with Gasteiger partial charge in [0.2, 0.25) is 5.91 Å². The quantitative estimate of drug-likeness (QED) is 0.433. The van der Waals surface area contributed by atoms with Gasteiger partial charge in [0.25, 0.3) is 0 Å². The van der Waals surface area contributed by atoms with E-state index in [1.54, 1.807) is 18.5 Å². The van der Waals surface area contributed by atoms with E-state index in [-0.39, 0.29) is 11.3 Å². The lowest BCUT2D eigenvalue weighted by molar-refractivity contribution is -0.147. The molecule has 40 heavy (non-hydrogen) atoms. The summed E-state index contributed by atoms with van der Waals surface area (Å²) in [6.45, 7) is 15.7. The number of carboxylic acid groups (broad SMARTS) is 1. The number of hydrogen-bond donors (Lipinski definition) is 1. The van der Waals surface area contributed by atoms with Crippen LogP contribution in [0.5, 0.6) is 0 Å². The van der Waals surface area contributed by atoms with Crippen LogP contribution in [0.4, 0.5) is 0 Å². The number of amides is 1. The van der Waals surface area contributed by atoms with E-state index in [0.717, 1.165) is 58.5 Å². The Morgan fingerprint density at radius 3 is 2.55 bits per heavy atom. The van der Waals surface area contributed by atoms with Crippen molar-refractivity contribution in [3.8, 4) is 0 Å². The fourth-order valence-electron chi connectivity index (χ4n) is 6.45. The van der Waals surface area contributed by atoms with E-state index in [4.69, 9.17) is 0 Å². The molecule has 1 N–H and O–H groups in total. The second-order valence-corrected chi connectivity index (χ2v) is 13.5. The summed E-state index contributed by atoms with van der Waals surface area (Å²) in [5.74, 6) is -0.366. The Balaban J connectivity index is 1.51. The van der Waals surface area contributed by atoms with E-state index >= 15 is 0 Å². The first-order valence-electron chi connectivity index (χ1n) is 14.4. The molecule has 1 aliphatic heterocycles. The zero-order valence-corrected chi connectivity index (χ0v) is 25.0. The number of rotatable bonds is 8. The van der Waals surface area contributed by atoms with Gasteiger partial charge in [0.15, 0.2) is 0 Å². The Morgan fingerprint density at radius 1 is 1.15 bits per heavy atom. The highest BCUT2D eigenvalue weighted by atomic mass is 16.4. The summed E-state index contributed by atoms with van der Waals surface area (Å²) in [5.41, 5.74) is 5.74. The van der Waals surface area contributed by atoms with Gasteiger partial charge in [-0.15, -0.1) is 5.10 Å². The zero-order valence-electron chi connectivity index (χ0n) is 25.0. The molecule has 5 rings (SSSR count). The van der Waals surface area contributed by atoms with Crippen molar-refractivity contribution in [2.24, 2.45) is 23.8 Å². The molecule has 8 nitrogen and oxygen atoms in total. The van der Waals surface area contributed by atoms with Crippen LogP contribution in [0, 0.1) is 30.6 Å². The fraction of sp³-hybridized carbons (Fsp3) is 0.562. The van der Waals surface area contributed by atoms with Crippen molar-refractivity contribution in [2.45, 2.75) is 66.8 Å². The third kappa shape index (κ3) is 5.51. The molecule has 214 valence electrons. The summed E-state index contributed by atoms with van der Waals surface area (Å²) in [6, 6.07) is 10.3. The van der Waals surface area contributed by atoms with Gasteiger partial charge in [-0.05, 0) is 85.8 Å². The number of carboxylic acids is 1. The zero-order chi connectivity index (χ0) is 29.0. The maximum absolute atomic E-state index is 13.3. The second kappa shape index (κ2) is 10.3. The first-order chi connectivity index (χ1) is 18.8. The molecule has 8 heteroatoms. The average molecular weight is 546 g/mol.